The van der Waals surface area contributed by atoms with Crippen LogP contribution in [0.1, 0.15) is 58.1 Å². The van der Waals surface area contributed by atoms with E-state index in [4.69, 9.17) is 4.98 Å². The summed E-state index contributed by atoms with van der Waals surface area (Å²) in [6, 6.07) is 9.04. The molecule has 212 valence electrons. The molecule has 41 heavy (non-hydrogen) atoms. The van der Waals surface area contributed by atoms with Gasteiger partial charge in [-0.05, 0) is 70.8 Å². The molecule has 2 saturated heterocycles. The van der Waals surface area contributed by atoms with Gasteiger partial charge in [0.15, 0.2) is 0 Å². The van der Waals surface area contributed by atoms with Gasteiger partial charge in [0.05, 0.1) is 29.5 Å². The first-order valence-corrected chi connectivity index (χ1v) is 14.5. The number of hydrogen-bond acceptors (Lipinski definition) is 7. The molecule has 2 aliphatic rings. The molecule has 4 aromatic rings. The van der Waals surface area contributed by atoms with Crippen molar-refractivity contribution in [3.05, 3.63) is 54.7 Å². The number of carbonyl (C=O) groups is 1. The average Bonchev–Trinajstić information content (AvgIpc) is 3.65. The van der Waals surface area contributed by atoms with Gasteiger partial charge in [0.25, 0.3) is 0 Å². The monoisotopic (exact) mass is 551 g/mol. The summed E-state index contributed by atoms with van der Waals surface area (Å²) in [6.07, 6.45) is 13.2. The van der Waals surface area contributed by atoms with Crippen molar-refractivity contribution in [1.29, 1.82) is 5.26 Å². The van der Waals surface area contributed by atoms with Gasteiger partial charge < -0.3 is 15.5 Å². The lowest BCUT2D eigenvalue weighted by molar-refractivity contribution is -0.131. The van der Waals surface area contributed by atoms with E-state index in [0.29, 0.717) is 11.6 Å². The van der Waals surface area contributed by atoms with Crippen molar-refractivity contribution in [2.75, 3.05) is 31.1 Å². The molecule has 6 rings (SSSR count). The zero-order valence-corrected chi connectivity index (χ0v) is 24.0. The first-order chi connectivity index (χ1) is 19.8. The van der Waals surface area contributed by atoms with E-state index in [1.165, 1.54) is 0 Å². The number of piperidine rings is 2. The van der Waals surface area contributed by atoms with Crippen LogP contribution in [-0.2, 0) is 4.79 Å². The number of fused-ring (bicyclic) bond motifs is 1. The first-order valence-electron chi connectivity index (χ1n) is 14.5. The van der Waals surface area contributed by atoms with Crippen LogP contribution in [0.15, 0.2) is 49.2 Å². The number of nitrogens with one attached hydrogen (secondary N) is 2. The van der Waals surface area contributed by atoms with Gasteiger partial charge in [0.2, 0.25) is 5.91 Å². The third kappa shape index (κ3) is 5.30. The molecule has 10 heteroatoms. The number of hydrogen-bond donors (Lipinski definition) is 2. The third-order valence-corrected chi connectivity index (χ3v) is 8.57. The second-order valence-electron chi connectivity index (χ2n) is 11.9. The van der Waals surface area contributed by atoms with Gasteiger partial charge in [0.1, 0.15) is 11.9 Å². The van der Waals surface area contributed by atoms with Crippen molar-refractivity contribution in [2.45, 2.75) is 58.5 Å². The molecule has 0 aliphatic carbocycles. The van der Waals surface area contributed by atoms with E-state index in [1.54, 1.807) is 10.7 Å². The lowest BCUT2D eigenvalue weighted by atomic mass is 9.79. The molecule has 0 unspecified atom stereocenters. The van der Waals surface area contributed by atoms with E-state index >= 15 is 0 Å². The van der Waals surface area contributed by atoms with E-state index in [-0.39, 0.29) is 17.4 Å². The van der Waals surface area contributed by atoms with Crippen LogP contribution >= 0.6 is 0 Å². The molecule has 10 nitrogen and oxygen atoms in total. The molecule has 2 fully saturated rings. The van der Waals surface area contributed by atoms with Crippen LogP contribution in [-0.4, -0.2) is 62.5 Å². The largest absolute Gasteiger partial charge is 0.357 e. The van der Waals surface area contributed by atoms with Gasteiger partial charge in [-0.15, -0.1) is 0 Å². The maximum absolute atomic E-state index is 12.7. The van der Waals surface area contributed by atoms with Gasteiger partial charge in [-0.25, -0.2) is 9.50 Å². The number of anilines is 1. The Hall–Kier alpha value is -4.23. The number of aromatic nitrogens is 5. The van der Waals surface area contributed by atoms with E-state index in [0.717, 1.165) is 85.5 Å². The second-order valence-corrected chi connectivity index (χ2v) is 11.9. The first kappa shape index (κ1) is 27.0. The third-order valence-electron chi connectivity index (χ3n) is 8.57. The minimum Gasteiger partial charge on any atom is -0.357 e. The fourth-order valence-corrected chi connectivity index (χ4v) is 5.96. The fourth-order valence-electron chi connectivity index (χ4n) is 5.96. The summed E-state index contributed by atoms with van der Waals surface area (Å²) in [5.74, 6) is 1.03. The molecule has 2 aliphatic heterocycles. The van der Waals surface area contributed by atoms with Crippen molar-refractivity contribution in [3.8, 4) is 28.3 Å². The minimum atomic E-state index is -0.357. The molecule has 0 atom stereocenters. The molecule has 0 aromatic carbocycles. The zero-order chi connectivity index (χ0) is 28.6. The van der Waals surface area contributed by atoms with Crippen molar-refractivity contribution in [1.82, 2.24) is 35.0 Å². The van der Waals surface area contributed by atoms with Crippen molar-refractivity contribution in [3.63, 3.8) is 0 Å². The van der Waals surface area contributed by atoms with Crippen LogP contribution in [0.25, 0.3) is 27.8 Å². The summed E-state index contributed by atoms with van der Waals surface area (Å²) >= 11 is 0. The number of pyridine rings is 2. The highest BCUT2D eigenvalue weighted by Crippen LogP contribution is 2.35. The Morgan fingerprint density at radius 3 is 2.54 bits per heavy atom. The Morgan fingerprint density at radius 1 is 1.07 bits per heavy atom. The van der Waals surface area contributed by atoms with Crippen molar-refractivity contribution in [2.24, 2.45) is 5.41 Å². The average molecular weight is 552 g/mol. The lowest BCUT2D eigenvalue weighted by Crippen LogP contribution is -2.49. The molecular weight excluding hydrogens is 514 g/mol. The maximum Gasteiger partial charge on any atom is 0.226 e. The Morgan fingerprint density at radius 2 is 1.85 bits per heavy atom. The maximum atomic E-state index is 12.7. The molecule has 0 bridgehead atoms. The van der Waals surface area contributed by atoms with Gasteiger partial charge in [-0.3, -0.25) is 9.48 Å². The van der Waals surface area contributed by atoms with Gasteiger partial charge in [0, 0.05) is 65.4 Å². The van der Waals surface area contributed by atoms with Crippen LogP contribution in [0.3, 0.4) is 0 Å². The molecule has 4 aromatic heterocycles. The number of amides is 1. The Labute approximate surface area is 240 Å². The molecule has 0 saturated carbocycles. The highest BCUT2D eigenvalue weighted by molar-refractivity contribution is 5.87. The summed E-state index contributed by atoms with van der Waals surface area (Å²) in [5, 5.41) is 25.5. The highest BCUT2D eigenvalue weighted by atomic mass is 16.2. The van der Waals surface area contributed by atoms with Crippen LogP contribution in [0.2, 0.25) is 0 Å². The standard InChI is InChI=1S/C31H37N9O/c1-21(2)37-30(41)31(3)8-12-38(13-9-31)28-5-4-22(16-34-28)27-14-23(19-40-29(27)24(15-32)17-36-40)25-18-35-39(20-25)26-6-10-33-11-7-26/h4-5,14,16-21,26,33H,6-13H2,1-3H3,(H,37,41). The number of nitriles is 1. The van der Waals surface area contributed by atoms with Gasteiger partial charge in [-0.1, -0.05) is 6.92 Å². The number of nitrogens with zero attached hydrogens (tertiary/aromatic N) is 7. The topological polar surface area (TPSA) is 116 Å². The molecule has 2 N–H and O–H groups in total. The van der Waals surface area contributed by atoms with Crippen LogP contribution in [0.5, 0.6) is 0 Å². The highest BCUT2D eigenvalue weighted by Gasteiger charge is 2.37. The summed E-state index contributed by atoms with van der Waals surface area (Å²) in [4.78, 5) is 19.8. The smallest absolute Gasteiger partial charge is 0.226 e. The Balaban J connectivity index is 1.27. The quantitative estimate of drug-likeness (QED) is 0.369. The number of rotatable bonds is 6. The summed E-state index contributed by atoms with van der Waals surface area (Å²) in [7, 11) is 0. The van der Waals surface area contributed by atoms with Crippen LogP contribution < -0.4 is 15.5 Å². The molecule has 1 amide bonds. The molecule has 0 radical (unpaired) electrons. The molecule has 6 heterocycles. The van der Waals surface area contributed by atoms with Crippen LogP contribution in [0, 0.1) is 16.7 Å². The van der Waals surface area contributed by atoms with Crippen molar-refractivity contribution >= 4 is 17.2 Å². The van der Waals surface area contributed by atoms with E-state index in [2.05, 4.69) is 61.7 Å². The predicted molar refractivity (Wildman–Crippen MR) is 158 cm³/mol. The van der Waals surface area contributed by atoms with E-state index in [1.807, 2.05) is 38.5 Å². The second kappa shape index (κ2) is 11.0. The normalized spacial score (nSPS) is 17.6. The zero-order valence-electron chi connectivity index (χ0n) is 24.0. The van der Waals surface area contributed by atoms with Crippen molar-refractivity contribution < 1.29 is 4.79 Å². The molecular formula is C31H37N9O. The van der Waals surface area contributed by atoms with Crippen LogP contribution in [0.4, 0.5) is 5.82 Å². The van der Waals surface area contributed by atoms with Gasteiger partial charge in [-0.2, -0.15) is 15.5 Å². The summed E-state index contributed by atoms with van der Waals surface area (Å²) in [6.45, 7) is 9.62. The number of carbonyl (C=O) groups excluding carboxylic acids is 1. The summed E-state index contributed by atoms with van der Waals surface area (Å²) < 4.78 is 3.86. The minimum absolute atomic E-state index is 0.134. The van der Waals surface area contributed by atoms with Gasteiger partial charge >= 0.3 is 0 Å². The Kier molecular flexibility index (Phi) is 7.22. The Bertz CT molecular complexity index is 1580. The SMILES string of the molecule is CC(C)NC(=O)C1(C)CCN(c2ccc(-c3cc(-c4cnn(C5CCNCC5)c4)cn4ncc(C#N)c34)cn2)CC1. The van der Waals surface area contributed by atoms with E-state index < -0.39 is 0 Å². The summed E-state index contributed by atoms with van der Waals surface area (Å²) in [5.41, 5.74) is 4.76. The van der Waals surface area contributed by atoms with E-state index in [9.17, 15) is 10.1 Å². The lowest BCUT2D eigenvalue weighted by Gasteiger charge is -2.39. The predicted octanol–water partition coefficient (Wildman–Crippen LogP) is 4.19. The molecule has 0 spiro atoms. The fraction of sp³-hybridized carbons (Fsp3) is 0.452.